The highest BCUT2D eigenvalue weighted by Crippen LogP contribution is 2.25. The average Bonchev–Trinajstić information content (AvgIpc) is 3.16. The second kappa shape index (κ2) is 5.27. The number of H-pyrrole nitrogens is 1. The zero-order chi connectivity index (χ0) is 17.7. The molecule has 1 aliphatic heterocycles. The number of nitrogens with zero attached hydrogens (tertiary/aromatic N) is 1. The Hall–Kier alpha value is -3.48. The van der Waals surface area contributed by atoms with Crippen LogP contribution in [-0.2, 0) is 4.84 Å². The predicted molar refractivity (Wildman–Crippen MR) is 85.4 cm³/mol. The van der Waals surface area contributed by atoms with Gasteiger partial charge in [-0.05, 0) is 36.8 Å². The lowest BCUT2D eigenvalue weighted by atomic mass is 10.1. The molecule has 0 spiro atoms. The number of aryl methyl sites for hydroxylation is 1. The lowest BCUT2D eigenvalue weighted by Gasteiger charge is -2.11. The van der Waals surface area contributed by atoms with Gasteiger partial charge in [0, 0.05) is 5.39 Å². The van der Waals surface area contributed by atoms with E-state index in [2.05, 4.69) is 4.98 Å². The Labute approximate surface area is 140 Å². The van der Waals surface area contributed by atoms with Gasteiger partial charge in [-0.15, -0.1) is 0 Å². The van der Waals surface area contributed by atoms with Crippen LogP contribution in [0.3, 0.4) is 0 Å². The molecule has 25 heavy (non-hydrogen) atoms. The molecule has 6 nitrogen and oxygen atoms in total. The Balaban J connectivity index is 1.66. The average molecular weight is 338 g/mol. The van der Waals surface area contributed by atoms with Crippen LogP contribution in [0, 0.1) is 12.7 Å². The molecule has 1 aromatic heterocycles. The summed E-state index contributed by atoms with van der Waals surface area (Å²) in [6, 6.07) is 10.5. The number of carbonyl (C=O) groups is 3. The minimum atomic E-state index is -0.954. The van der Waals surface area contributed by atoms with Crippen molar-refractivity contribution < 1.29 is 23.6 Å². The van der Waals surface area contributed by atoms with Gasteiger partial charge in [-0.2, -0.15) is 0 Å². The Morgan fingerprint density at radius 3 is 2.32 bits per heavy atom. The van der Waals surface area contributed by atoms with E-state index in [9.17, 15) is 18.8 Å². The van der Waals surface area contributed by atoms with Crippen LogP contribution >= 0.6 is 0 Å². The Morgan fingerprint density at radius 1 is 1.08 bits per heavy atom. The normalized spacial score (nSPS) is 13.4. The predicted octanol–water partition coefficient (Wildman–Crippen LogP) is 2.98. The van der Waals surface area contributed by atoms with Crippen molar-refractivity contribution >= 4 is 28.7 Å². The molecule has 2 aromatic carbocycles. The summed E-state index contributed by atoms with van der Waals surface area (Å²) in [5, 5.41) is 0.941. The Bertz CT molecular complexity index is 996. The molecule has 0 unspecified atom stereocenters. The molecule has 0 aliphatic carbocycles. The van der Waals surface area contributed by atoms with Gasteiger partial charge in [-0.3, -0.25) is 9.59 Å². The zero-order valence-corrected chi connectivity index (χ0v) is 13.0. The van der Waals surface area contributed by atoms with Crippen molar-refractivity contribution in [2.75, 3.05) is 0 Å². The minimum Gasteiger partial charge on any atom is -0.347 e. The van der Waals surface area contributed by atoms with Crippen molar-refractivity contribution in [2.45, 2.75) is 6.92 Å². The van der Waals surface area contributed by atoms with E-state index in [1.165, 1.54) is 24.3 Å². The molecular formula is C18H11FN2O4. The van der Waals surface area contributed by atoms with Gasteiger partial charge in [-0.25, -0.2) is 9.18 Å². The summed E-state index contributed by atoms with van der Waals surface area (Å²) in [6.07, 6.45) is 0. The number of benzene rings is 2. The van der Waals surface area contributed by atoms with E-state index in [-0.39, 0.29) is 22.3 Å². The number of halogens is 1. The molecule has 0 saturated heterocycles. The summed E-state index contributed by atoms with van der Waals surface area (Å²) >= 11 is 0. The maximum absolute atomic E-state index is 13.8. The first-order valence-electron chi connectivity index (χ1n) is 7.45. The molecule has 7 heteroatoms. The second-order valence-corrected chi connectivity index (χ2v) is 5.66. The highest BCUT2D eigenvalue weighted by molar-refractivity contribution is 6.21. The van der Waals surface area contributed by atoms with E-state index >= 15 is 0 Å². The van der Waals surface area contributed by atoms with Crippen LogP contribution in [-0.4, -0.2) is 27.8 Å². The van der Waals surface area contributed by atoms with Gasteiger partial charge in [0.1, 0.15) is 11.5 Å². The molecule has 0 fully saturated rings. The first kappa shape index (κ1) is 15.1. The molecule has 124 valence electrons. The third kappa shape index (κ3) is 2.20. The maximum atomic E-state index is 13.8. The molecule has 0 bridgehead atoms. The molecule has 3 aromatic rings. The van der Waals surface area contributed by atoms with E-state index in [4.69, 9.17) is 4.84 Å². The standard InChI is InChI=1S/C18H11FN2O4/c1-9-6-7-13(19)15-12(9)8-14(20-15)18(24)25-21-16(22)10-4-2-3-5-11(10)17(21)23/h2-8,20H,1H3. The Kier molecular flexibility index (Phi) is 3.18. The Morgan fingerprint density at radius 2 is 1.72 bits per heavy atom. The summed E-state index contributed by atoms with van der Waals surface area (Å²) in [5.74, 6) is -2.90. The number of hydroxylamine groups is 2. The number of hydrogen-bond acceptors (Lipinski definition) is 4. The van der Waals surface area contributed by atoms with Gasteiger partial charge in [-0.1, -0.05) is 23.3 Å². The third-order valence-electron chi connectivity index (χ3n) is 4.11. The van der Waals surface area contributed by atoms with Crippen molar-refractivity contribution in [3.05, 3.63) is 70.7 Å². The molecule has 2 amide bonds. The number of aromatic nitrogens is 1. The fourth-order valence-corrected chi connectivity index (χ4v) is 2.82. The van der Waals surface area contributed by atoms with Gasteiger partial charge < -0.3 is 9.82 Å². The number of carbonyl (C=O) groups excluding carboxylic acids is 3. The van der Waals surface area contributed by atoms with Gasteiger partial charge in [0.2, 0.25) is 0 Å². The van der Waals surface area contributed by atoms with Crippen LogP contribution in [0.5, 0.6) is 0 Å². The summed E-state index contributed by atoms with van der Waals surface area (Å²) in [7, 11) is 0. The maximum Gasteiger partial charge on any atom is 0.380 e. The minimum absolute atomic E-state index is 0.0558. The zero-order valence-electron chi connectivity index (χ0n) is 13.0. The first-order valence-corrected chi connectivity index (χ1v) is 7.45. The van der Waals surface area contributed by atoms with E-state index in [1.807, 2.05) is 0 Å². The van der Waals surface area contributed by atoms with Crippen LogP contribution in [0.2, 0.25) is 0 Å². The van der Waals surface area contributed by atoms with Crippen molar-refractivity contribution in [3.63, 3.8) is 0 Å². The lowest BCUT2D eigenvalue weighted by molar-refractivity contribution is -0.0587. The van der Waals surface area contributed by atoms with Gasteiger partial charge >= 0.3 is 5.97 Å². The summed E-state index contributed by atoms with van der Waals surface area (Å²) in [6.45, 7) is 1.77. The first-order chi connectivity index (χ1) is 12.0. The largest absolute Gasteiger partial charge is 0.380 e. The topological polar surface area (TPSA) is 79.5 Å². The van der Waals surface area contributed by atoms with Gasteiger partial charge in [0.25, 0.3) is 11.8 Å². The van der Waals surface area contributed by atoms with Crippen molar-refractivity contribution in [2.24, 2.45) is 0 Å². The quantitative estimate of drug-likeness (QED) is 0.729. The number of nitrogens with one attached hydrogen (secondary N) is 1. The highest BCUT2D eigenvalue weighted by atomic mass is 19.1. The number of aromatic amines is 1. The SMILES string of the molecule is Cc1ccc(F)c2[nH]c(C(=O)ON3C(=O)c4ccccc4C3=O)cc12. The van der Waals surface area contributed by atoms with Gasteiger partial charge in [0.05, 0.1) is 16.6 Å². The van der Waals surface area contributed by atoms with Crippen LogP contribution < -0.4 is 0 Å². The van der Waals surface area contributed by atoms with E-state index < -0.39 is 23.6 Å². The van der Waals surface area contributed by atoms with Crippen LogP contribution in [0.1, 0.15) is 36.8 Å². The second-order valence-electron chi connectivity index (χ2n) is 5.66. The summed E-state index contributed by atoms with van der Waals surface area (Å²) in [5.41, 5.74) is 1.21. The van der Waals surface area contributed by atoms with Crippen LogP contribution in [0.4, 0.5) is 4.39 Å². The van der Waals surface area contributed by atoms with Crippen LogP contribution in [0.25, 0.3) is 10.9 Å². The number of amides is 2. The molecule has 0 radical (unpaired) electrons. The number of hydrogen-bond donors (Lipinski definition) is 1. The number of imide groups is 1. The van der Waals surface area contributed by atoms with Crippen molar-refractivity contribution in [1.29, 1.82) is 0 Å². The fourth-order valence-electron chi connectivity index (χ4n) is 2.82. The molecule has 2 heterocycles. The third-order valence-corrected chi connectivity index (χ3v) is 4.11. The number of rotatable bonds is 2. The molecule has 0 saturated carbocycles. The monoisotopic (exact) mass is 338 g/mol. The molecule has 1 aliphatic rings. The highest BCUT2D eigenvalue weighted by Gasteiger charge is 2.39. The smallest absolute Gasteiger partial charge is 0.347 e. The van der Waals surface area contributed by atoms with E-state index in [1.54, 1.807) is 25.1 Å². The molecular weight excluding hydrogens is 327 g/mol. The van der Waals surface area contributed by atoms with Crippen LogP contribution in [0.15, 0.2) is 42.5 Å². The summed E-state index contributed by atoms with van der Waals surface area (Å²) < 4.78 is 13.8. The van der Waals surface area contributed by atoms with E-state index in [0.717, 1.165) is 5.56 Å². The summed E-state index contributed by atoms with van der Waals surface area (Å²) in [4.78, 5) is 44.3. The van der Waals surface area contributed by atoms with Crippen molar-refractivity contribution in [3.8, 4) is 0 Å². The number of fused-ring (bicyclic) bond motifs is 2. The van der Waals surface area contributed by atoms with Gasteiger partial charge in [0.15, 0.2) is 0 Å². The lowest BCUT2D eigenvalue weighted by Crippen LogP contribution is -2.32. The molecule has 0 atom stereocenters. The molecule has 1 N–H and O–H groups in total. The fraction of sp³-hybridized carbons (Fsp3) is 0.0556. The van der Waals surface area contributed by atoms with Crippen molar-refractivity contribution in [1.82, 2.24) is 10.0 Å². The molecule has 4 rings (SSSR count). The van der Waals surface area contributed by atoms with E-state index in [0.29, 0.717) is 10.4 Å².